The second-order valence-corrected chi connectivity index (χ2v) is 5.26. The van der Waals surface area contributed by atoms with E-state index in [1.165, 1.54) is 6.20 Å². The molecule has 0 aliphatic heterocycles. The molecule has 1 aromatic heterocycles. The zero-order chi connectivity index (χ0) is 14.3. The van der Waals surface area contributed by atoms with Crippen LogP contribution in [0.2, 0.25) is 10.2 Å². The lowest BCUT2D eigenvalue weighted by atomic mass is 10.2. The van der Waals surface area contributed by atoms with Gasteiger partial charge in [0, 0.05) is 19.3 Å². The van der Waals surface area contributed by atoms with E-state index in [-0.39, 0.29) is 11.1 Å². The Labute approximate surface area is 124 Å². The van der Waals surface area contributed by atoms with Gasteiger partial charge in [-0.1, -0.05) is 49.9 Å². The maximum Gasteiger partial charge on any atom is 0.255 e. The van der Waals surface area contributed by atoms with Crippen LogP contribution in [0.4, 0.5) is 0 Å². The average molecular weight is 303 g/mol. The van der Waals surface area contributed by atoms with Crippen LogP contribution in [-0.4, -0.2) is 28.9 Å². The number of hydrogen-bond donors (Lipinski definition) is 0. The smallest absolute Gasteiger partial charge is 0.255 e. The quantitative estimate of drug-likeness (QED) is 0.698. The first-order chi connectivity index (χ1) is 9.10. The maximum atomic E-state index is 12.4. The van der Waals surface area contributed by atoms with Crippen molar-refractivity contribution in [3.8, 4) is 0 Å². The van der Waals surface area contributed by atoms with E-state index in [2.05, 4.69) is 18.8 Å². The molecule has 1 amide bonds. The molecular formula is C14H20Cl2N2O. The molecule has 0 bridgehead atoms. The standard InChI is InChI=1S/C14H20Cl2N2O/c1-3-5-7-18(8-6-4-2)14(19)11-9-12(15)13(16)17-10-11/h9-10H,3-8H2,1-2H3. The molecular weight excluding hydrogens is 283 g/mol. The summed E-state index contributed by atoms with van der Waals surface area (Å²) in [4.78, 5) is 18.2. The van der Waals surface area contributed by atoms with E-state index in [1.807, 2.05) is 4.90 Å². The summed E-state index contributed by atoms with van der Waals surface area (Å²) in [5.41, 5.74) is 0.501. The van der Waals surface area contributed by atoms with Crippen LogP contribution >= 0.6 is 23.2 Å². The maximum absolute atomic E-state index is 12.4. The van der Waals surface area contributed by atoms with Crippen molar-refractivity contribution in [2.24, 2.45) is 0 Å². The Balaban J connectivity index is 2.81. The monoisotopic (exact) mass is 302 g/mol. The van der Waals surface area contributed by atoms with E-state index >= 15 is 0 Å². The number of hydrogen-bond acceptors (Lipinski definition) is 2. The van der Waals surface area contributed by atoms with E-state index in [4.69, 9.17) is 23.2 Å². The first-order valence-electron chi connectivity index (χ1n) is 6.70. The lowest BCUT2D eigenvalue weighted by Crippen LogP contribution is -2.33. The van der Waals surface area contributed by atoms with Gasteiger partial charge in [-0.15, -0.1) is 0 Å². The molecule has 0 unspecified atom stereocenters. The second-order valence-electron chi connectivity index (χ2n) is 4.50. The van der Waals surface area contributed by atoms with Gasteiger partial charge in [0.2, 0.25) is 0 Å². The third-order valence-corrected chi connectivity index (χ3v) is 3.58. The summed E-state index contributed by atoms with van der Waals surface area (Å²) < 4.78 is 0. The number of pyridine rings is 1. The molecule has 0 radical (unpaired) electrons. The molecule has 0 atom stereocenters. The molecule has 3 nitrogen and oxygen atoms in total. The van der Waals surface area contributed by atoms with Crippen LogP contribution in [0.25, 0.3) is 0 Å². The largest absolute Gasteiger partial charge is 0.339 e. The average Bonchev–Trinajstić information content (AvgIpc) is 2.41. The third-order valence-electron chi connectivity index (χ3n) is 2.89. The molecule has 0 aliphatic rings. The van der Waals surface area contributed by atoms with Gasteiger partial charge in [-0.25, -0.2) is 4.98 Å². The fourth-order valence-corrected chi connectivity index (χ4v) is 2.00. The van der Waals surface area contributed by atoms with Crippen molar-refractivity contribution in [1.29, 1.82) is 0 Å². The van der Waals surface area contributed by atoms with Gasteiger partial charge in [0.25, 0.3) is 5.91 Å². The highest BCUT2D eigenvalue weighted by Gasteiger charge is 2.16. The molecule has 1 rings (SSSR count). The van der Waals surface area contributed by atoms with Crippen molar-refractivity contribution in [2.45, 2.75) is 39.5 Å². The fraction of sp³-hybridized carbons (Fsp3) is 0.571. The summed E-state index contributed by atoms with van der Waals surface area (Å²) >= 11 is 11.7. The Morgan fingerprint density at radius 2 is 1.79 bits per heavy atom. The Hall–Kier alpha value is -0.800. The molecule has 1 aromatic rings. The van der Waals surface area contributed by atoms with Crippen molar-refractivity contribution in [3.05, 3.63) is 28.0 Å². The molecule has 0 saturated carbocycles. The molecule has 0 N–H and O–H groups in total. The lowest BCUT2D eigenvalue weighted by molar-refractivity contribution is 0.0750. The first kappa shape index (κ1) is 16.3. The highest BCUT2D eigenvalue weighted by molar-refractivity contribution is 6.41. The van der Waals surface area contributed by atoms with Crippen molar-refractivity contribution in [2.75, 3.05) is 13.1 Å². The molecule has 5 heteroatoms. The topological polar surface area (TPSA) is 33.2 Å². The minimum Gasteiger partial charge on any atom is -0.339 e. The SMILES string of the molecule is CCCCN(CCCC)C(=O)c1cnc(Cl)c(Cl)c1. The van der Waals surface area contributed by atoms with Gasteiger partial charge in [0.05, 0.1) is 10.6 Å². The molecule has 0 spiro atoms. The molecule has 0 fully saturated rings. The zero-order valence-corrected chi connectivity index (χ0v) is 13.0. The normalized spacial score (nSPS) is 10.5. The van der Waals surface area contributed by atoms with Crippen molar-refractivity contribution in [1.82, 2.24) is 9.88 Å². The number of carbonyl (C=O) groups is 1. The molecule has 0 aromatic carbocycles. The van der Waals surface area contributed by atoms with Crippen LogP contribution in [0.5, 0.6) is 0 Å². The van der Waals surface area contributed by atoms with Crippen LogP contribution in [0, 0.1) is 0 Å². The number of nitrogens with zero attached hydrogens (tertiary/aromatic N) is 2. The first-order valence-corrected chi connectivity index (χ1v) is 7.46. The van der Waals surface area contributed by atoms with Gasteiger partial charge >= 0.3 is 0 Å². The van der Waals surface area contributed by atoms with Crippen LogP contribution in [0.15, 0.2) is 12.3 Å². The van der Waals surface area contributed by atoms with Crippen LogP contribution in [0.3, 0.4) is 0 Å². The minimum absolute atomic E-state index is 0.0204. The number of carbonyl (C=O) groups excluding carboxylic acids is 1. The number of rotatable bonds is 7. The van der Waals surface area contributed by atoms with Gasteiger partial charge < -0.3 is 4.90 Å². The summed E-state index contributed by atoms with van der Waals surface area (Å²) in [5, 5.41) is 0.547. The van der Waals surface area contributed by atoms with Crippen LogP contribution in [-0.2, 0) is 0 Å². The van der Waals surface area contributed by atoms with Crippen LogP contribution < -0.4 is 0 Å². The lowest BCUT2D eigenvalue weighted by Gasteiger charge is -2.22. The van der Waals surface area contributed by atoms with Gasteiger partial charge in [0.15, 0.2) is 0 Å². The third kappa shape index (κ3) is 5.00. The predicted molar refractivity (Wildman–Crippen MR) is 80.0 cm³/mol. The highest BCUT2D eigenvalue weighted by atomic mass is 35.5. The number of halogens is 2. The molecule has 1 heterocycles. The number of unbranched alkanes of at least 4 members (excludes halogenated alkanes) is 2. The van der Waals surface area contributed by atoms with Crippen molar-refractivity contribution >= 4 is 29.1 Å². The van der Waals surface area contributed by atoms with Crippen molar-refractivity contribution in [3.63, 3.8) is 0 Å². The van der Waals surface area contributed by atoms with Crippen LogP contribution in [0.1, 0.15) is 49.9 Å². The number of aromatic nitrogens is 1. The van der Waals surface area contributed by atoms with E-state index in [0.29, 0.717) is 10.6 Å². The Bertz CT molecular complexity index is 416. The summed E-state index contributed by atoms with van der Waals surface area (Å²) in [7, 11) is 0. The van der Waals surface area contributed by atoms with Gasteiger partial charge in [-0.3, -0.25) is 4.79 Å². The Morgan fingerprint density at radius 3 is 2.26 bits per heavy atom. The van der Waals surface area contributed by atoms with Gasteiger partial charge in [0.1, 0.15) is 5.15 Å². The molecule has 0 saturated heterocycles. The number of amides is 1. The molecule has 106 valence electrons. The van der Waals surface area contributed by atoms with Gasteiger partial charge in [-0.05, 0) is 18.9 Å². The zero-order valence-electron chi connectivity index (χ0n) is 11.5. The Morgan fingerprint density at radius 1 is 1.21 bits per heavy atom. The summed E-state index contributed by atoms with van der Waals surface area (Å²) in [6, 6.07) is 1.59. The summed E-state index contributed by atoms with van der Waals surface area (Å²) in [6.45, 7) is 5.78. The van der Waals surface area contributed by atoms with E-state index in [1.54, 1.807) is 6.07 Å². The van der Waals surface area contributed by atoms with Crippen molar-refractivity contribution < 1.29 is 4.79 Å². The van der Waals surface area contributed by atoms with E-state index < -0.39 is 0 Å². The van der Waals surface area contributed by atoms with Gasteiger partial charge in [-0.2, -0.15) is 0 Å². The van der Waals surface area contributed by atoms with E-state index in [9.17, 15) is 4.79 Å². The van der Waals surface area contributed by atoms with E-state index in [0.717, 1.165) is 38.8 Å². The molecule has 0 aliphatic carbocycles. The Kier molecular flexibility index (Phi) is 7.17. The molecule has 19 heavy (non-hydrogen) atoms. The summed E-state index contributed by atoms with van der Waals surface area (Å²) in [6.07, 6.45) is 5.63. The minimum atomic E-state index is -0.0204. The highest BCUT2D eigenvalue weighted by Crippen LogP contribution is 2.20. The predicted octanol–water partition coefficient (Wildman–Crippen LogP) is 4.43. The summed E-state index contributed by atoms with van der Waals surface area (Å²) in [5.74, 6) is -0.0204. The fourth-order valence-electron chi connectivity index (χ4n) is 1.73. The second kappa shape index (κ2) is 8.39.